The topological polar surface area (TPSA) is 40.7 Å². The Labute approximate surface area is 91.3 Å². The Morgan fingerprint density at radius 3 is 2.87 bits per heavy atom. The Kier molecular flexibility index (Phi) is 2.60. The van der Waals surface area contributed by atoms with Gasteiger partial charge in [0.25, 0.3) is 0 Å². The van der Waals surface area contributed by atoms with Gasteiger partial charge >= 0.3 is 0 Å². The van der Waals surface area contributed by atoms with Crippen molar-refractivity contribution in [2.24, 2.45) is 0 Å². The van der Waals surface area contributed by atoms with E-state index in [-0.39, 0.29) is 5.69 Å². The number of hydrogen-bond acceptors (Lipinski definition) is 2. The van der Waals surface area contributed by atoms with Crippen LogP contribution in [0.2, 0.25) is 5.02 Å². The number of benzene rings is 1. The molecule has 0 aliphatic heterocycles. The molecule has 0 saturated carbocycles. The first-order valence-electron chi connectivity index (χ1n) is 4.39. The molecule has 0 spiro atoms. The number of H-pyrrole nitrogens is 1. The molecule has 0 bridgehead atoms. The van der Waals surface area contributed by atoms with E-state index in [1.807, 2.05) is 6.92 Å². The summed E-state index contributed by atoms with van der Waals surface area (Å²) in [5, 5.41) is 3.11. The summed E-state index contributed by atoms with van der Waals surface area (Å²) in [5.74, 6) is 0.0658. The minimum Gasteiger partial charge on any atom is -0.328 e. The van der Waals surface area contributed by atoms with Gasteiger partial charge in [-0.25, -0.2) is 9.37 Å². The number of hydrogen-bond donors (Lipinski definition) is 2. The second kappa shape index (κ2) is 3.90. The summed E-state index contributed by atoms with van der Waals surface area (Å²) in [6.07, 6.45) is 1.65. The third-order valence-corrected chi connectivity index (χ3v) is 2.22. The molecule has 2 aromatic rings. The average molecular weight is 226 g/mol. The first kappa shape index (κ1) is 9.98. The second-order valence-corrected chi connectivity index (χ2v) is 3.54. The largest absolute Gasteiger partial charge is 0.328 e. The smallest absolute Gasteiger partial charge is 0.204 e. The molecule has 1 aromatic carbocycles. The van der Waals surface area contributed by atoms with E-state index >= 15 is 0 Å². The van der Waals surface area contributed by atoms with Gasteiger partial charge in [0.2, 0.25) is 5.95 Å². The van der Waals surface area contributed by atoms with Crippen LogP contribution in [0.4, 0.5) is 16.0 Å². The molecule has 15 heavy (non-hydrogen) atoms. The predicted molar refractivity (Wildman–Crippen MR) is 58.0 cm³/mol. The zero-order valence-electron chi connectivity index (χ0n) is 8.01. The lowest BCUT2D eigenvalue weighted by atomic mass is 10.3. The molecule has 0 aliphatic rings. The van der Waals surface area contributed by atoms with Crippen molar-refractivity contribution in [1.29, 1.82) is 0 Å². The van der Waals surface area contributed by atoms with E-state index in [1.54, 1.807) is 18.3 Å². The summed E-state index contributed by atoms with van der Waals surface area (Å²) in [6, 6.07) is 4.50. The van der Waals surface area contributed by atoms with Crippen molar-refractivity contribution in [3.63, 3.8) is 0 Å². The molecule has 2 rings (SSSR count). The maximum absolute atomic E-state index is 13.4. The number of nitrogens with zero attached hydrogens (tertiary/aromatic N) is 1. The first-order chi connectivity index (χ1) is 7.16. The Morgan fingerprint density at radius 2 is 2.27 bits per heavy atom. The van der Waals surface area contributed by atoms with Crippen LogP contribution in [0, 0.1) is 12.7 Å². The number of aromatic nitrogens is 2. The van der Waals surface area contributed by atoms with Crippen molar-refractivity contribution in [3.05, 3.63) is 40.9 Å². The van der Waals surface area contributed by atoms with Crippen LogP contribution in [0.1, 0.15) is 5.69 Å². The Morgan fingerprint density at radius 1 is 1.47 bits per heavy atom. The summed E-state index contributed by atoms with van der Waals surface area (Å²) >= 11 is 5.84. The zero-order valence-corrected chi connectivity index (χ0v) is 8.77. The standard InChI is InChI=1S/C10H9ClFN3/c1-6-5-13-10(14-6)15-9-7(11)3-2-4-8(9)12/h2-5H,1H3,(H2,13,14,15). The Bertz CT molecular complexity index is 461. The number of imidazole rings is 1. The third kappa shape index (κ3) is 2.10. The molecule has 0 aliphatic carbocycles. The van der Waals surface area contributed by atoms with Crippen molar-refractivity contribution in [2.75, 3.05) is 5.32 Å². The lowest BCUT2D eigenvalue weighted by Crippen LogP contribution is -1.96. The van der Waals surface area contributed by atoms with Crippen molar-refractivity contribution < 1.29 is 4.39 Å². The highest BCUT2D eigenvalue weighted by Gasteiger charge is 2.07. The highest BCUT2D eigenvalue weighted by molar-refractivity contribution is 6.33. The SMILES string of the molecule is Cc1cnc(Nc2c(F)cccc2Cl)[nH]1. The van der Waals surface area contributed by atoms with Gasteiger partial charge in [0.15, 0.2) is 0 Å². The molecule has 1 heterocycles. The monoisotopic (exact) mass is 225 g/mol. The van der Waals surface area contributed by atoms with E-state index in [9.17, 15) is 4.39 Å². The first-order valence-corrected chi connectivity index (χ1v) is 4.77. The summed E-state index contributed by atoms with van der Waals surface area (Å²) in [4.78, 5) is 6.93. The molecule has 0 atom stereocenters. The van der Waals surface area contributed by atoms with E-state index < -0.39 is 5.82 Å². The van der Waals surface area contributed by atoms with E-state index in [4.69, 9.17) is 11.6 Å². The lowest BCUT2D eigenvalue weighted by molar-refractivity contribution is 0.632. The number of aromatic amines is 1. The zero-order chi connectivity index (χ0) is 10.8. The van der Waals surface area contributed by atoms with Gasteiger partial charge in [0.05, 0.1) is 10.7 Å². The second-order valence-electron chi connectivity index (χ2n) is 3.14. The number of rotatable bonds is 2. The minimum absolute atomic E-state index is 0.230. The van der Waals surface area contributed by atoms with E-state index in [2.05, 4.69) is 15.3 Å². The molecule has 5 heteroatoms. The summed E-state index contributed by atoms with van der Waals surface area (Å²) in [5.41, 5.74) is 1.12. The van der Waals surface area contributed by atoms with Gasteiger partial charge < -0.3 is 10.3 Å². The summed E-state index contributed by atoms with van der Waals surface area (Å²) in [7, 11) is 0. The van der Waals surface area contributed by atoms with Crippen LogP contribution in [-0.2, 0) is 0 Å². The fourth-order valence-electron chi connectivity index (χ4n) is 1.21. The maximum Gasteiger partial charge on any atom is 0.204 e. The van der Waals surface area contributed by atoms with Crippen LogP contribution in [0.15, 0.2) is 24.4 Å². The van der Waals surface area contributed by atoms with Crippen LogP contribution in [0.3, 0.4) is 0 Å². The van der Waals surface area contributed by atoms with Crippen molar-refractivity contribution in [2.45, 2.75) is 6.92 Å². The van der Waals surface area contributed by atoms with Crippen molar-refractivity contribution in [3.8, 4) is 0 Å². The molecular formula is C10H9ClFN3. The summed E-state index contributed by atoms with van der Waals surface area (Å²) < 4.78 is 13.4. The van der Waals surface area contributed by atoms with Gasteiger partial charge in [-0.05, 0) is 19.1 Å². The maximum atomic E-state index is 13.4. The molecule has 0 fully saturated rings. The van der Waals surface area contributed by atoms with Crippen molar-refractivity contribution >= 4 is 23.2 Å². The number of aryl methyl sites for hydroxylation is 1. The van der Waals surface area contributed by atoms with Crippen LogP contribution in [0.5, 0.6) is 0 Å². The highest BCUT2D eigenvalue weighted by atomic mass is 35.5. The van der Waals surface area contributed by atoms with E-state index in [0.29, 0.717) is 11.0 Å². The quantitative estimate of drug-likeness (QED) is 0.824. The van der Waals surface area contributed by atoms with E-state index in [1.165, 1.54) is 6.07 Å². The average Bonchev–Trinajstić information content (AvgIpc) is 2.58. The van der Waals surface area contributed by atoms with Gasteiger partial charge in [-0.3, -0.25) is 0 Å². The van der Waals surface area contributed by atoms with Crippen LogP contribution < -0.4 is 5.32 Å². The number of halogens is 2. The van der Waals surface area contributed by atoms with E-state index in [0.717, 1.165) is 5.69 Å². The van der Waals surface area contributed by atoms with Gasteiger partial charge in [-0.1, -0.05) is 17.7 Å². The molecule has 0 saturated heterocycles. The molecule has 0 radical (unpaired) electrons. The van der Waals surface area contributed by atoms with Crippen LogP contribution in [0.25, 0.3) is 0 Å². The minimum atomic E-state index is -0.406. The van der Waals surface area contributed by atoms with Crippen LogP contribution >= 0.6 is 11.6 Å². The van der Waals surface area contributed by atoms with Crippen LogP contribution in [-0.4, -0.2) is 9.97 Å². The van der Waals surface area contributed by atoms with Gasteiger partial charge in [-0.15, -0.1) is 0 Å². The molecular weight excluding hydrogens is 217 g/mol. The fraction of sp³-hybridized carbons (Fsp3) is 0.100. The molecule has 2 N–H and O–H groups in total. The lowest BCUT2D eigenvalue weighted by Gasteiger charge is -2.05. The van der Waals surface area contributed by atoms with Gasteiger partial charge in [-0.2, -0.15) is 0 Å². The normalized spacial score (nSPS) is 10.3. The Balaban J connectivity index is 2.31. The molecule has 78 valence electrons. The third-order valence-electron chi connectivity index (χ3n) is 1.91. The molecule has 1 aromatic heterocycles. The van der Waals surface area contributed by atoms with Gasteiger partial charge in [0.1, 0.15) is 5.82 Å². The van der Waals surface area contributed by atoms with Crippen molar-refractivity contribution in [1.82, 2.24) is 9.97 Å². The fourth-order valence-corrected chi connectivity index (χ4v) is 1.42. The molecule has 3 nitrogen and oxygen atoms in total. The molecule has 0 unspecified atom stereocenters. The van der Waals surface area contributed by atoms with Gasteiger partial charge in [0, 0.05) is 11.9 Å². The number of para-hydroxylation sites is 1. The number of nitrogens with one attached hydrogen (secondary N) is 2. The molecule has 0 amide bonds. The number of anilines is 2. The Hall–Kier alpha value is -1.55. The summed E-state index contributed by atoms with van der Waals surface area (Å²) in [6.45, 7) is 1.86. The highest BCUT2D eigenvalue weighted by Crippen LogP contribution is 2.26. The predicted octanol–water partition coefficient (Wildman–Crippen LogP) is 3.25.